The quantitative estimate of drug-likeness (QED) is 0.730. The number of nitrogens with one attached hydrogen (secondary N) is 1. The summed E-state index contributed by atoms with van der Waals surface area (Å²) in [6.45, 7) is 5.47. The van der Waals surface area contributed by atoms with Crippen LogP contribution in [0.25, 0.3) is 0 Å². The van der Waals surface area contributed by atoms with Crippen molar-refractivity contribution in [2.75, 3.05) is 19.0 Å². The largest absolute Gasteiger partial charge is 0.495 e. The molecule has 0 unspecified atom stereocenters. The predicted molar refractivity (Wildman–Crippen MR) is 63.4 cm³/mol. The van der Waals surface area contributed by atoms with E-state index < -0.39 is 0 Å². The van der Waals surface area contributed by atoms with Crippen LogP contribution in [0.1, 0.15) is 26.7 Å². The van der Waals surface area contributed by atoms with Crippen LogP contribution >= 0.6 is 0 Å². The first kappa shape index (κ1) is 11.8. The van der Waals surface area contributed by atoms with E-state index in [-0.39, 0.29) is 0 Å². The van der Waals surface area contributed by atoms with Crippen LogP contribution in [0.2, 0.25) is 0 Å². The molecule has 0 bridgehead atoms. The van der Waals surface area contributed by atoms with Crippen LogP contribution in [0.3, 0.4) is 0 Å². The van der Waals surface area contributed by atoms with Crippen molar-refractivity contribution in [3.8, 4) is 5.75 Å². The van der Waals surface area contributed by atoms with Crippen molar-refractivity contribution in [1.82, 2.24) is 4.98 Å². The number of hydrogen-bond donors (Lipinski definition) is 1. The van der Waals surface area contributed by atoms with Gasteiger partial charge in [0.1, 0.15) is 11.6 Å². The zero-order valence-electron chi connectivity index (χ0n) is 9.79. The molecule has 3 nitrogen and oxygen atoms in total. The van der Waals surface area contributed by atoms with Gasteiger partial charge in [0.15, 0.2) is 0 Å². The lowest BCUT2D eigenvalue weighted by Gasteiger charge is -2.07. The Bertz CT molecular complexity index is 269. The summed E-state index contributed by atoms with van der Waals surface area (Å²) in [7, 11) is 1.65. The lowest BCUT2D eigenvalue weighted by atomic mass is 10.1. The minimum atomic E-state index is 0.774. The molecule has 0 aliphatic heterocycles. The number of aromatic nitrogens is 1. The second-order valence-corrected chi connectivity index (χ2v) is 4.05. The van der Waals surface area contributed by atoms with Crippen LogP contribution in [-0.2, 0) is 0 Å². The third kappa shape index (κ3) is 4.68. The molecule has 84 valence electrons. The molecule has 0 amide bonds. The van der Waals surface area contributed by atoms with Gasteiger partial charge in [0, 0.05) is 6.54 Å². The van der Waals surface area contributed by atoms with Gasteiger partial charge in [-0.25, -0.2) is 4.98 Å². The van der Waals surface area contributed by atoms with E-state index in [1.54, 1.807) is 13.3 Å². The lowest BCUT2D eigenvalue weighted by molar-refractivity contribution is 0.413. The summed E-state index contributed by atoms with van der Waals surface area (Å²) < 4.78 is 5.04. The third-order valence-electron chi connectivity index (χ3n) is 2.24. The fourth-order valence-corrected chi connectivity index (χ4v) is 1.33. The van der Waals surface area contributed by atoms with Crippen LogP contribution in [0.15, 0.2) is 18.3 Å². The van der Waals surface area contributed by atoms with Gasteiger partial charge < -0.3 is 10.1 Å². The second kappa shape index (κ2) is 6.27. The Hall–Kier alpha value is -1.25. The van der Waals surface area contributed by atoms with Gasteiger partial charge >= 0.3 is 0 Å². The van der Waals surface area contributed by atoms with Crippen LogP contribution in [0.4, 0.5) is 5.82 Å². The standard InChI is InChI=1S/C12H20N2O/c1-10(2)5-4-8-13-12-7-6-11(15-3)9-14-12/h6-7,9-10H,4-5,8H2,1-3H3,(H,13,14). The summed E-state index contributed by atoms with van der Waals surface area (Å²) in [6, 6.07) is 3.85. The molecule has 0 aliphatic rings. The first-order chi connectivity index (χ1) is 7.22. The molecule has 0 radical (unpaired) electrons. The summed E-state index contributed by atoms with van der Waals surface area (Å²) in [5.41, 5.74) is 0. The van der Waals surface area contributed by atoms with Gasteiger partial charge in [0.2, 0.25) is 0 Å². The van der Waals surface area contributed by atoms with Crippen molar-refractivity contribution in [1.29, 1.82) is 0 Å². The fraction of sp³-hybridized carbons (Fsp3) is 0.583. The fourth-order valence-electron chi connectivity index (χ4n) is 1.33. The van der Waals surface area contributed by atoms with E-state index in [1.165, 1.54) is 12.8 Å². The molecule has 1 aromatic heterocycles. The maximum Gasteiger partial charge on any atom is 0.137 e. The summed E-state index contributed by atoms with van der Waals surface area (Å²) in [6.07, 6.45) is 4.17. The van der Waals surface area contributed by atoms with Gasteiger partial charge in [0.25, 0.3) is 0 Å². The molecule has 0 atom stereocenters. The van der Waals surface area contributed by atoms with Gasteiger partial charge in [-0.2, -0.15) is 0 Å². The molecule has 1 N–H and O–H groups in total. The highest BCUT2D eigenvalue weighted by atomic mass is 16.5. The number of methoxy groups -OCH3 is 1. The average Bonchev–Trinajstić information content (AvgIpc) is 2.25. The molecular formula is C12H20N2O. The molecule has 15 heavy (non-hydrogen) atoms. The highest BCUT2D eigenvalue weighted by molar-refractivity contribution is 5.37. The zero-order valence-corrected chi connectivity index (χ0v) is 9.79. The SMILES string of the molecule is COc1ccc(NCCCC(C)C)nc1. The Morgan fingerprint density at radius 2 is 2.20 bits per heavy atom. The predicted octanol–water partition coefficient (Wildman–Crippen LogP) is 2.94. The maximum atomic E-state index is 5.04. The zero-order chi connectivity index (χ0) is 11.1. The lowest BCUT2D eigenvalue weighted by Crippen LogP contribution is -2.04. The van der Waals surface area contributed by atoms with E-state index in [1.807, 2.05) is 12.1 Å². The van der Waals surface area contributed by atoms with Crippen molar-refractivity contribution in [2.24, 2.45) is 5.92 Å². The van der Waals surface area contributed by atoms with Crippen molar-refractivity contribution in [2.45, 2.75) is 26.7 Å². The van der Waals surface area contributed by atoms with Crippen LogP contribution in [0.5, 0.6) is 5.75 Å². The number of rotatable bonds is 6. The molecule has 1 aromatic rings. The average molecular weight is 208 g/mol. The number of anilines is 1. The minimum absolute atomic E-state index is 0.774. The van der Waals surface area contributed by atoms with E-state index >= 15 is 0 Å². The number of ether oxygens (including phenoxy) is 1. The molecule has 1 rings (SSSR count). The van der Waals surface area contributed by atoms with Gasteiger partial charge in [0.05, 0.1) is 13.3 Å². The molecule has 0 aromatic carbocycles. The molecule has 0 saturated heterocycles. The second-order valence-electron chi connectivity index (χ2n) is 4.05. The van der Waals surface area contributed by atoms with Gasteiger partial charge in [-0.05, 0) is 30.9 Å². The molecule has 0 fully saturated rings. The summed E-state index contributed by atoms with van der Waals surface area (Å²) in [5.74, 6) is 2.48. The highest BCUT2D eigenvalue weighted by Gasteiger charge is 1.96. The highest BCUT2D eigenvalue weighted by Crippen LogP contribution is 2.11. The number of nitrogens with zero attached hydrogens (tertiary/aromatic N) is 1. The van der Waals surface area contributed by atoms with Crippen molar-refractivity contribution in [3.05, 3.63) is 18.3 Å². The van der Waals surface area contributed by atoms with Gasteiger partial charge in [-0.3, -0.25) is 0 Å². The van der Waals surface area contributed by atoms with E-state index in [0.29, 0.717) is 0 Å². The summed E-state index contributed by atoms with van der Waals surface area (Å²) in [4.78, 5) is 4.23. The van der Waals surface area contributed by atoms with Crippen LogP contribution in [0, 0.1) is 5.92 Å². The Morgan fingerprint density at radius 3 is 2.73 bits per heavy atom. The number of hydrogen-bond acceptors (Lipinski definition) is 3. The Morgan fingerprint density at radius 1 is 1.40 bits per heavy atom. The Balaban J connectivity index is 2.25. The van der Waals surface area contributed by atoms with Crippen molar-refractivity contribution < 1.29 is 4.74 Å². The smallest absolute Gasteiger partial charge is 0.137 e. The normalized spacial score (nSPS) is 10.4. The van der Waals surface area contributed by atoms with E-state index in [2.05, 4.69) is 24.1 Å². The van der Waals surface area contributed by atoms with Gasteiger partial charge in [-0.1, -0.05) is 13.8 Å². The molecule has 0 spiro atoms. The molecular weight excluding hydrogens is 188 g/mol. The minimum Gasteiger partial charge on any atom is -0.495 e. The van der Waals surface area contributed by atoms with E-state index in [4.69, 9.17) is 4.74 Å². The summed E-state index contributed by atoms with van der Waals surface area (Å²) in [5, 5.41) is 3.28. The van der Waals surface area contributed by atoms with Gasteiger partial charge in [-0.15, -0.1) is 0 Å². The maximum absolute atomic E-state index is 5.04. The van der Waals surface area contributed by atoms with E-state index in [0.717, 1.165) is 24.0 Å². The van der Waals surface area contributed by atoms with E-state index in [9.17, 15) is 0 Å². The monoisotopic (exact) mass is 208 g/mol. The number of pyridine rings is 1. The molecule has 1 heterocycles. The Labute approximate surface area is 91.9 Å². The summed E-state index contributed by atoms with van der Waals surface area (Å²) >= 11 is 0. The molecule has 0 saturated carbocycles. The first-order valence-corrected chi connectivity index (χ1v) is 5.46. The van der Waals surface area contributed by atoms with Crippen molar-refractivity contribution >= 4 is 5.82 Å². The topological polar surface area (TPSA) is 34.1 Å². The van der Waals surface area contributed by atoms with Crippen LogP contribution in [-0.4, -0.2) is 18.6 Å². The first-order valence-electron chi connectivity index (χ1n) is 5.46. The molecule has 3 heteroatoms. The Kier molecular flexibility index (Phi) is 4.95. The van der Waals surface area contributed by atoms with Crippen molar-refractivity contribution in [3.63, 3.8) is 0 Å². The third-order valence-corrected chi connectivity index (χ3v) is 2.24. The molecule has 0 aliphatic carbocycles. The van der Waals surface area contributed by atoms with Crippen LogP contribution < -0.4 is 10.1 Å².